The van der Waals surface area contributed by atoms with Crippen molar-refractivity contribution in [3.8, 4) is 0 Å². The molecular weight excluding hydrogens is 522 g/mol. The van der Waals surface area contributed by atoms with Crippen molar-refractivity contribution in [3.63, 3.8) is 0 Å². The molecule has 9 heteroatoms. The van der Waals surface area contributed by atoms with Crippen molar-refractivity contribution in [2.24, 2.45) is 23.2 Å². The second-order valence-corrected chi connectivity index (χ2v) is 15.2. The maximum atomic E-state index is 13.7. The Balaban J connectivity index is 1.11. The third kappa shape index (κ3) is 4.79. The van der Waals surface area contributed by atoms with E-state index in [0.717, 1.165) is 51.4 Å². The third-order valence-corrected chi connectivity index (χ3v) is 12.4. The number of hydrogen-bond acceptors (Lipinski definition) is 5. The first-order valence-corrected chi connectivity index (χ1v) is 16.6. The topological polar surface area (TPSA) is 104 Å². The van der Waals surface area contributed by atoms with Crippen LogP contribution in [0.25, 0.3) is 0 Å². The van der Waals surface area contributed by atoms with Gasteiger partial charge in [0, 0.05) is 12.1 Å². The summed E-state index contributed by atoms with van der Waals surface area (Å²) in [4.78, 5) is 27.3. The van der Waals surface area contributed by atoms with E-state index in [0.29, 0.717) is 36.6 Å². The quantitative estimate of drug-likeness (QED) is 0.438. The van der Waals surface area contributed by atoms with Gasteiger partial charge in [0.1, 0.15) is 5.88 Å². The first kappa shape index (κ1) is 26.6. The van der Waals surface area contributed by atoms with Crippen LogP contribution in [0.4, 0.5) is 0 Å². The van der Waals surface area contributed by atoms with Gasteiger partial charge >= 0.3 is 0 Å². The molecule has 2 atom stereocenters. The number of nitrogens with one attached hydrogen (secondary N) is 3. The van der Waals surface area contributed by atoms with Crippen LogP contribution in [0, 0.1) is 23.2 Å². The van der Waals surface area contributed by atoms with Crippen molar-refractivity contribution >= 4 is 33.3 Å². The van der Waals surface area contributed by atoms with Crippen LogP contribution in [-0.2, 0) is 19.4 Å². The lowest BCUT2D eigenvalue weighted by molar-refractivity contribution is -0.152. The molecule has 7 nitrogen and oxygen atoms in total. The van der Waals surface area contributed by atoms with Crippen molar-refractivity contribution in [1.82, 2.24) is 16.0 Å². The molecular formula is C29H40ClN3O4S. The minimum Gasteiger partial charge on any atom is -0.353 e. The summed E-state index contributed by atoms with van der Waals surface area (Å²) in [6.45, 7) is 0. The number of benzene rings is 1. The molecule has 0 heterocycles. The van der Waals surface area contributed by atoms with Crippen LogP contribution in [0.5, 0.6) is 0 Å². The van der Waals surface area contributed by atoms with Gasteiger partial charge in [0.05, 0.1) is 20.9 Å². The Hall–Kier alpha value is -1.64. The zero-order chi connectivity index (χ0) is 26.5. The van der Waals surface area contributed by atoms with Crippen molar-refractivity contribution in [2.45, 2.75) is 106 Å². The molecule has 6 aliphatic rings. The molecule has 208 valence electrons. The molecule has 3 N–H and O–H groups in total. The van der Waals surface area contributed by atoms with Gasteiger partial charge in [-0.05, 0) is 94.1 Å². The lowest BCUT2D eigenvalue weighted by Gasteiger charge is -2.59. The minimum atomic E-state index is -3.68. The molecule has 1 aromatic rings. The molecule has 0 aliphatic heterocycles. The van der Waals surface area contributed by atoms with Gasteiger partial charge in [-0.1, -0.05) is 43.0 Å². The molecule has 6 fully saturated rings. The van der Waals surface area contributed by atoms with Crippen LogP contribution in [0.3, 0.4) is 0 Å². The van der Waals surface area contributed by atoms with E-state index in [-0.39, 0.29) is 39.1 Å². The lowest BCUT2D eigenvalue weighted by atomic mass is 9.47. The number of rotatable bonds is 8. The summed E-state index contributed by atoms with van der Waals surface area (Å²) >= 11 is 6.14. The van der Waals surface area contributed by atoms with E-state index in [1.165, 1.54) is 25.3 Å². The Morgan fingerprint density at radius 1 is 0.895 bits per heavy atom. The van der Waals surface area contributed by atoms with Gasteiger partial charge in [-0.2, -0.15) is 0 Å². The summed E-state index contributed by atoms with van der Waals surface area (Å²) in [5, 5.41) is 10.1. The highest BCUT2D eigenvalue weighted by Crippen LogP contribution is 2.60. The average Bonchev–Trinajstić information content (AvgIpc) is 2.86. The van der Waals surface area contributed by atoms with Crippen LogP contribution in [0.1, 0.15) is 83.5 Å². The number of carbonyl (C=O) groups excluding carboxylic acids is 2. The zero-order valence-corrected chi connectivity index (χ0v) is 23.6. The van der Waals surface area contributed by atoms with E-state index in [1.807, 2.05) is 0 Å². The Morgan fingerprint density at radius 2 is 1.58 bits per heavy atom. The van der Waals surface area contributed by atoms with E-state index in [9.17, 15) is 18.0 Å². The predicted octanol–water partition coefficient (Wildman–Crippen LogP) is 4.34. The Labute approximate surface area is 231 Å². The van der Waals surface area contributed by atoms with E-state index in [1.54, 1.807) is 18.2 Å². The number of amides is 2. The Kier molecular flexibility index (Phi) is 7.05. The van der Waals surface area contributed by atoms with E-state index in [4.69, 9.17) is 11.6 Å². The fourth-order valence-corrected chi connectivity index (χ4v) is 10.2. The van der Waals surface area contributed by atoms with E-state index in [2.05, 4.69) is 16.0 Å². The SMILES string of the molecule is O=C(NC1CCCCC1)C12CC3CC(C1)C(NC(=O)C1(NCS(=O)(=O)c4ccccc4Cl)CCC1)C(C3)C2. The minimum absolute atomic E-state index is 0.0640. The number of hydrogen-bond donors (Lipinski definition) is 3. The predicted molar refractivity (Wildman–Crippen MR) is 146 cm³/mol. The highest BCUT2D eigenvalue weighted by atomic mass is 35.5. The smallest absolute Gasteiger partial charge is 0.240 e. The van der Waals surface area contributed by atoms with Crippen LogP contribution < -0.4 is 16.0 Å². The Morgan fingerprint density at radius 3 is 2.21 bits per heavy atom. The largest absolute Gasteiger partial charge is 0.353 e. The molecule has 1 aromatic carbocycles. The third-order valence-electron chi connectivity index (χ3n) is 10.4. The summed E-state index contributed by atoms with van der Waals surface area (Å²) in [6.07, 6.45) is 12.8. The first-order chi connectivity index (χ1) is 18.2. The summed E-state index contributed by atoms with van der Waals surface area (Å²) in [5.41, 5.74) is -1.14. The fourth-order valence-electron chi connectivity index (χ4n) is 8.44. The summed E-state index contributed by atoms with van der Waals surface area (Å²) in [6, 6.07) is 6.81. The number of sulfone groups is 1. The van der Waals surface area contributed by atoms with Crippen molar-refractivity contribution < 1.29 is 18.0 Å². The molecule has 0 radical (unpaired) electrons. The maximum Gasteiger partial charge on any atom is 0.240 e. The standard InChI is InChI=1S/C29H40ClN3O4S/c30-23-9-4-5-10-24(23)38(36,37)18-31-29(11-6-12-29)27(35)33-25-20-13-19-14-21(25)17-28(15-19,16-20)26(34)32-22-7-2-1-3-8-22/h4-5,9-10,19-22,25,31H,1-3,6-8,11-18H2,(H,32,34)(H,33,35). The average molecular weight is 562 g/mol. The van der Waals surface area contributed by atoms with Crippen LogP contribution >= 0.6 is 11.6 Å². The second kappa shape index (κ2) is 10.1. The molecule has 0 spiro atoms. The molecule has 6 aliphatic carbocycles. The molecule has 2 amide bonds. The van der Waals surface area contributed by atoms with E-state index >= 15 is 0 Å². The van der Waals surface area contributed by atoms with Gasteiger partial charge in [0.2, 0.25) is 11.8 Å². The van der Waals surface area contributed by atoms with Crippen molar-refractivity contribution in [3.05, 3.63) is 29.3 Å². The summed E-state index contributed by atoms with van der Waals surface area (Å²) < 4.78 is 26.0. The van der Waals surface area contributed by atoms with Gasteiger partial charge in [-0.3, -0.25) is 14.9 Å². The monoisotopic (exact) mass is 561 g/mol. The summed E-state index contributed by atoms with van der Waals surface area (Å²) in [5.74, 6) is 1.03. The van der Waals surface area contributed by atoms with Crippen LogP contribution in [0.15, 0.2) is 29.2 Å². The highest BCUT2D eigenvalue weighted by Gasteiger charge is 2.59. The number of carbonyl (C=O) groups is 2. The van der Waals surface area contributed by atoms with Crippen LogP contribution in [0.2, 0.25) is 5.02 Å². The van der Waals surface area contributed by atoms with Crippen LogP contribution in [-0.4, -0.2) is 43.7 Å². The summed E-state index contributed by atoms with van der Waals surface area (Å²) in [7, 11) is -3.68. The number of halogens is 1. The van der Waals surface area contributed by atoms with Gasteiger partial charge in [-0.15, -0.1) is 0 Å². The van der Waals surface area contributed by atoms with Gasteiger partial charge in [0.25, 0.3) is 0 Å². The van der Waals surface area contributed by atoms with Crippen molar-refractivity contribution in [1.29, 1.82) is 0 Å². The highest BCUT2D eigenvalue weighted by molar-refractivity contribution is 7.91. The fraction of sp³-hybridized carbons (Fsp3) is 0.724. The second-order valence-electron chi connectivity index (χ2n) is 12.9. The zero-order valence-electron chi connectivity index (χ0n) is 22.0. The first-order valence-electron chi connectivity index (χ1n) is 14.5. The van der Waals surface area contributed by atoms with Gasteiger partial charge in [-0.25, -0.2) is 8.42 Å². The lowest BCUT2D eigenvalue weighted by Crippen LogP contribution is -2.68. The molecule has 2 unspecified atom stereocenters. The molecule has 0 aromatic heterocycles. The van der Waals surface area contributed by atoms with Crippen molar-refractivity contribution in [2.75, 3.05) is 5.88 Å². The molecule has 38 heavy (non-hydrogen) atoms. The maximum absolute atomic E-state index is 13.7. The molecule has 4 bridgehead atoms. The van der Waals surface area contributed by atoms with E-state index < -0.39 is 15.4 Å². The molecule has 0 saturated heterocycles. The molecule has 6 saturated carbocycles. The van der Waals surface area contributed by atoms with Gasteiger partial charge in [0.15, 0.2) is 9.84 Å². The normalized spacial score (nSPS) is 33.9. The molecule has 7 rings (SSSR count). The van der Waals surface area contributed by atoms with Gasteiger partial charge < -0.3 is 10.6 Å². The Bertz CT molecular complexity index is 1180.